The fourth-order valence-corrected chi connectivity index (χ4v) is 2.84. The van der Waals surface area contributed by atoms with Gasteiger partial charge in [0.25, 0.3) is 0 Å². The molecule has 2 aromatic rings. The Hall–Kier alpha value is -0.940. The molecule has 0 saturated carbocycles. The number of hydrogen-bond acceptors (Lipinski definition) is 2. The SMILES string of the molecule is Cc1cc(F)c(NCc2sccc2Br)cc1F. The lowest BCUT2D eigenvalue weighted by Crippen LogP contribution is -2.01. The molecule has 5 heteroatoms. The molecule has 2 rings (SSSR count). The second-order valence-corrected chi connectivity index (χ2v) is 5.48. The van der Waals surface area contributed by atoms with Gasteiger partial charge in [0, 0.05) is 15.4 Å². The molecule has 0 amide bonds. The van der Waals surface area contributed by atoms with Crippen molar-refractivity contribution in [3.63, 3.8) is 0 Å². The van der Waals surface area contributed by atoms with Crippen LogP contribution in [0, 0.1) is 18.6 Å². The fraction of sp³-hybridized carbons (Fsp3) is 0.167. The van der Waals surface area contributed by atoms with Gasteiger partial charge in [-0.15, -0.1) is 11.3 Å². The molecule has 17 heavy (non-hydrogen) atoms. The molecule has 1 aromatic carbocycles. The number of aryl methyl sites for hydroxylation is 1. The summed E-state index contributed by atoms with van der Waals surface area (Å²) in [5.74, 6) is -0.837. The molecule has 0 spiro atoms. The van der Waals surface area contributed by atoms with Crippen molar-refractivity contribution in [1.82, 2.24) is 0 Å². The highest BCUT2D eigenvalue weighted by atomic mass is 79.9. The van der Waals surface area contributed by atoms with E-state index in [1.807, 2.05) is 11.4 Å². The summed E-state index contributed by atoms with van der Waals surface area (Å²) in [5.41, 5.74) is 0.499. The summed E-state index contributed by atoms with van der Waals surface area (Å²) in [4.78, 5) is 1.05. The third-order valence-corrected chi connectivity index (χ3v) is 4.31. The summed E-state index contributed by atoms with van der Waals surface area (Å²) in [6, 6.07) is 4.31. The first kappa shape index (κ1) is 12.5. The van der Waals surface area contributed by atoms with Gasteiger partial charge in [0.05, 0.1) is 12.2 Å². The molecule has 90 valence electrons. The van der Waals surface area contributed by atoms with Gasteiger partial charge in [0.15, 0.2) is 0 Å². The number of hydrogen-bond donors (Lipinski definition) is 1. The van der Waals surface area contributed by atoms with Crippen molar-refractivity contribution in [1.29, 1.82) is 0 Å². The second-order valence-electron chi connectivity index (χ2n) is 3.63. The van der Waals surface area contributed by atoms with E-state index in [0.29, 0.717) is 12.1 Å². The highest BCUT2D eigenvalue weighted by molar-refractivity contribution is 9.10. The number of anilines is 1. The van der Waals surface area contributed by atoms with Crippen LogP contribution in [0.1, 0.15) is 10.4 Å². The highest BCUT2D eigenvalue weighted by Gasteiger charge is 2.08. The van der Waals surface area contributed by atoms with Crippen LogP contribution in [-0.4, -0.2) is 0 Å². The van der Waals surface area contributed by atoms with Crippen LogP contribution in [0.25, 0.3) is 0 Å². The molecule has 0 aliphatic heterocycles. The van der Waals surface area contributed by atoms with Gasteiger partial charge in [-0.3, -0.25) is 0 Å². The van der Waals surface area contributed by atoms with E-state index >= 15 is 0 Å². The normalized spacial score (nSPS) is 10.6. The van der Waals surface area contributed by atoms with Gasteiger partial charge >= 0.3 is 0 Å². The van der Waals surface area contributed by atoms with Crippen LogP contribution < -0.4 is 5.32 Å². The Balaban J connectivity index is 2.14. The van der Waals surface area contributed by atoms with Gasteiger partial charge in [-0.1, -0.05) is 0 Å². The second kappa shape index (κ2) is 5.14. The van der Waals surface area contributed by atoms with Crippen molar-refractivity contribution in [3.05, 3.63) is 50.1 Å². The minimum Gasteiger partial charge on any atom is -0.378 e. The minimum absolute atomic E-state index is 0.188. The quantitative estimate of drug-likeness (QED) is 0.864. The first-order valence-electron chi connectivity index (χ1n) is 4.99. The number of benzene rings is 1. The summed E-state index contributed by atoms with van der Waals surface area (Å²) >= 11 is 4.94. The predicted octanol–water partition coefficient (Wildman–Crippen LogP) is 4.71. The lowest BCUT2D eigenvalue weighted by atomic mass is 10.2. The molecule has 1 heterocycles. The summed E-state index contributed by atoms with van der Waals surface area (Å²) in [7, 11) is 0. The predicted molar refractivity (Wildman–Crippen MR) is 70.4 cm³/mol. The van der Waals surface area contributed by atoms with Crippen LogP contribution in [0.15, 0.2) is 28.1 Å². The molecule has 0 radical (unpaired) electrons. The molecule has 0 saturated heterocycles. The lowest BCUT2D eigenvalue weighted by Gasteiger charge is -2.08. The van der Waals surface area contributed by atoms with Crippen LogP contribution in [-0.2, 0) is 6.54 Å². The Morgan fingerprint density at radius 2 is 2.06 bits per heavy atom. The zero-order valence-corrected chi connectivity index (χ0v) is 11.5. The van der Waals surface area contributed by atoms with Crippen molar-refractivity contribution >= 4 is 33.0 Å². The first-order chi connectivity index (χ1) is 8.08. The Morgan fingerprint density at radius 3 is 2.71 bits per heavy atom. The van der Waals surface area contributed by atoms with E-state index in [1.54, 1.807) is 11.3 Å². The maximum atomic E-state index is 13.5. The maximum Gasteiger partial charge on any atom is 0.146 e. The first-order valence-corrected chi connectivity index (χ1v) is 6.66. The summed E-state index contributed by atoms with van der Waals surface area (Å²) in [6.45, 7) is 2.01. The number of nitrogens with one attached hydrogen (secondary N) is 1. The van der Waals surface area contributed by atoms with E-state index in [4.69, 9.17) is 0 Å². The van der Waals surface area contributed by atoms with Crippen molar-refractivity contribution in [2.24, 2.45) is 0 Å². The van der Waals surface area contributed by atoms with Gasteiger partial charge in [0.2, 0.25) is 0 Å². The van der Waals surface area contributed by atoms with E-state index in [0.717, 1.165) is 9.35 Å². The Morgan fingerprint density at radius 1 is 1.29 bits per heavy atom. The summed E-state index contributed by atoms with van der Waals surface area (Å²) in [6.07, 6.45) is 0. The van der Waals surface area contributed by atoms with Gasteiger partial charge in [-0.05, 0) is 45.9 Å². The highest BCUT2D eigenvalue weighted by Crippen LogP contribution is 2.25. The standard InChI is InChI=1S/C12H10BrF2NS/c1-7-4-10(15)11(5-9(7)14)16-6-12-8(13)2-3-17-12/h2-5,16H,6H2,1H3. The van der Waals surface area contributed by atoms with Gasteiger partial charge in [-0.2, -0.15) is 0 Å². The lowest BCUT2D eigenvalue weighted by molar-refractivity contribution is 0.594. The number of rotatable bonds is 3. The van der Waals surface area contributed by atoms with Crippen LogP contribution in [0.4, 0.5) is 14.5 Å². The van der Waals surface area contributed by atoms with E-state index in [2.05, 4.69) is 21.2 Å². The summed E-state index contributed by atoms with van der Waals surface area (Å²) in [5, 5.41) is 4.83. The van der Waals surface area contributed by atoms with Crippen LogP contribution >= 0.6 is 27.3 Å². The molecule has 0 bridgehead atoms. The van der Waals surface area contributed by atoms with Crippen molar-refractivity contribution in [3.8, 4) is 0 Å². The molecule has 0 unspecified atom stereocenters. The van der Waals surface area contributed by atoms with Crippen molar-refractivity contribution in [2.75, 3.05) is 5.32 Å². The molecule has 1 N–H and O–H groups in total. The molecule has 0 fully saturated rings. The topological polar surface area (TPSA) is 12.0 Å². The smallest absolute Gasteiger partial charge is 0.146 e. The van der Waals surface area contributed by atoms with Gasteiger partial charge in [-0.25, -0.2) is 8.78 Å². The Bertz CT molecular complexity index is 539. The Kier molecular flexibility index (Phi) is 3.79. The van der Waals surface area contributed by atoms with E-state index in [9.17, 15) is 8.78 Å². The molecule has 0 aliphatic rings. The Labute approximate surface area is 111 Å². The number of halogens is 3. The minimum atomic E-state index is -0.434. The zero-order chi connectivity index (χ0) is 12.4. The zero-order valence-electron chi connectivity index (χ0n) is 9.06. The third-order valence-electron chi connectivity index (χ3n) is 2.38. The van der Waals surface area contributed by atoms with Crippen LogP contribution in [0.2, 0.25) is 0 Å². The molecular weight excluding hydrogens is 308 g/mol. The molecule has 1 nitrogen and oxygen atoms in total. The van der Waals surface area contributed by atoms with E-state index < -0.39 is 11.6 Å². The van der Waals surface area contributed by atoms with E-state index in [1.165, 1.54) is 19.1 Å². The summed E-state index contributed by atoms with van der Waals surface area (Å²) < 4.78 is 27.8. The fourth-order valence-electron chi connectivity index (χ4n) is 1.41. The third kappa shape index (κ3) is 2.84. The average Bonchev–Trinajstić information content (AvgIpc) is 2.68. The van der Waals surface area contributed by atoms with Crippen molar-refractivity contribution in [2.45, 2.75) is 13.5 Å². The van der Waals surface area contributed by atoms with Gasteiger partial charge < -0.3 is 5.32 Å². The average molecular weight is 318 g/mol. The molecule has 0 atom stereocenters. The van der Waals surface area contributed by atoms with E-state index in [-0.39, 0.29) is 5.69 Å². The molecular formula is C12H10BrF2NS. The van der Waals surface area contributed by atoms with Gasteiger partial charge in [0.1, 0.15) is 11.6 Å². The molecule has 1 aromatic heterocycles. The molecule has 0 aliphatic carbocycles. The monoisotopic (exact) mass is 317 g/mol. The maximum absolute atomic E-state index is 13.5. The van der Waals surface area contributed by atoms with Crippen LogP contribution in [0.5, 0.6) is 0 Å². The largest absolute Gasteiger partial charge is 0.378 e. The van der Waals surface area contributed by atoms with Crippen LogP contribution in [0.3, 0.4) is 0 Å². The van der Waals surface area contributed by atoms with Crippen molar-refractivity contribution < 1.29 is 8.78 Å². The number of thiophene rings is 1.